The van der Waals surface area contributed by atoms with Crippen LogP contribution in [-0.2, 0) is 0 Å². The molecule has 0 atom stereocenters. The summed E-state index contributed by atoms with van der Waals surface area (Å²) in [6, 6.07) is 14.0. The Labute approximate surface area is 146 Å². The highest BCUT2D eigenvalue weighted by atomic mass is 16.6. The van der Waals surface area contributed by atoms with Gasteiger partial charge in [0.1, 0.15) is 0 Å². The Balaban J connectivity index is 2.21. The summed E-state index contributed by atoms with van der Waals surface area (Å²) in [6.45, 7) is 3.73. The highest BCUT2D eigenvalue weighted by Gasteiger charge is 2.15. The number of hydrazone groups is 1. The second-order valence-corrected chi connectivity index (χ2v) is 5.73. The van der Waals surface area contributed by atoms with Gasteiger partial charge in [-0.25, -0.2) is 5.43 Å². The van der Waals surface area contributed by atoms with Gasteiger partial charge in [-0.15, -0.1) is 0 Å². The molecule has 1 amide bonds. The van der Waals surface area contributed by atoms with Gasteiger partial charge in [0.25, 0.3) is 11.6 Å². The largest absolute Gasteiger partial charge is 0.273 e. The molecule has 6 nitrogen and oxygen atoms in total. The Morgan fingerprint density at radius 2 is 1.88 bits per heavy atom. The fourth-order valence-electron chi connectivity index (χ4n) is 2.37. The summed E-state index contributed by atoms with van der Waals surface area (Å²) >= 11 is 0. The van der Waals surface area contributed by atoms with Crippen molar-refractivity contribution in [2.45, 2.75) is 33.1 Å². The number of unbranched alkanes of at least 4 members (excludes halogenated alkanes) is 1. The Bertz CT molecular complexity index is 786. The molecule has 0 unspecified atom stereocenters. The smallest absolute Gasteiger partial charge is 0.267 e. The summed E-state index contributed by atoms with van der Waals surface area (Å²) in [7, 11) is 0. The lowest BCUT2D eigenvalue weighted by Gasteiger charge is -2.07. The molecule has 0 spiro atoms. The number of nitrogens with zero attached hydrogens (tertiary/aromatic N) is 2. The molecule has 0 aliphatic carbocycles. The van der Waals surface area contributed by atoms with Crippen molar-refractivity contribution in [3.8, 4) is 0 Å². The highest BCUT2D eigenvalue weighted by Crippen LogP contribution is 2.19. The zero-order valence-electron chi connectivity index (χ0n) is 14.4. The van der Waals surface area contributed by atoms with Gasteiger partial charge >= 0.3 is 0 Å². The topological polar surface area (TPSA) is 84.6 Å². The maximum Gasteiger partial charge on any atom is 0.273 e. The van der Waals surface area contributed by atoms with Crippen molar-refractivity contribution in [3.05, 3.63) is 75.3 Å². The molecule has 0 heterocycles. The molecular formula is C19H21N3O3. The number of hydrogen-bond donors (Lipinski definition) is 1. The predicted octanol–water partition coefficient (Wildman–Crippen LogP) is 4.23. The van der Waals surface area contributed by atoms with Gasteiger partial charge in [-0.3, -0.25) is 14.9 Å². The van der Waals surface area contributed by atoms with E-state index in [1.807, 2.05) is 30.3 Å². The van der Waals surface area contributed by atoms with Crippen molar-refractivity contribution < 1.29 is 9.72 Å². The number of benzene rings is 2. The predicted molar refractivity (Wildman–Crippen MR) is 97.8 cm³/mol. The average Bonchev–Trinajstić information content (AvgIpc) is 2.62. The van der Waals surface area contributed by atoms with Crippen LogP contribution in [0.5, 0.6) is 0 Å². The van der Waals surface area contributed by atoms with Crippen molar-refractivity contribution in [1.29, 1.82) is 0 Å². The molecule has 0 saturated carbocycles. The van der Waals surface area contributed by atoms with Gasteiger partial charge in [-0.2, -0.15) is 5.10 Å². The lowest BCUT2D eigenvalue weighted by Crippen LogP contribution is -2.20. The number of carbonyl (C=O) groups is 1. The molecule has 0 aliphatic heterocycles. The van der Waals surface area contributed by atoms with Crippen molar-refractivity contribution in [2.24, 2.45) is 5.10 Å². The first-order valence-corrected chi connectivity index (χ1v) is 8.20. The monoisotopic (exact) mass is 339 g/mol. The fraction of sp³-hybridized carbons (Fsp3) is 0.263. The number of nitrogens with one attached hydrogen (secondary N) is 1. The minimum Gasteiger partial charge on any atom is -0.267 e. The van der Waals surface area contributed by atoms with E-state index in [2.05, 4.69) is 17.5 Å². The van der Waals surface area contributed by atoms with Crippen LogP contribution < -0.4 is 5.43 Å². The van der Waals surface area contributed by atoms with E-state index in [1.165, 1.54) is 6.07 Å². The van der Waals surface area contributed by atoms with Crippen LogP contribution in [0.15, 0.2) is 53.6 Å². The molecule has 25 heavy (non-hydrogen) atoms. The summed E-state index contributed by atoms with van der Waals surface area (Å²) in [6.07, 6.45) is 2.72. The number of aryl methyl sites for hydroxylation is 1. The number of carbonyl (C=O) groups excluding carboxylic acids is 1. The van der Waals surface area contributed by atoms with E-state index in [4.69, 9.17) is 0 Å². The minimum atomic E-state index is -0.494. The standard InChI is InChI=1S/C19H21N3O3/c1-3-4-10-17(15-8-6-5-7-9-15)20-21-19(23)16-12-11-14(2)18(13-16)22(24)25/h5-9,11-13H,3-4,10H2,1-2H3,(H,21,23)/b20-17+. The summed E-state index contributed by atoms with van der Waals surface area (Å²) < 4.78 is 0. The first-order valence-electron chi connectivity index (χ1n) is 8.20. The first kappa shape index (κ1) is 18.3. The second-order valence-electron chi connectivity index (χ2n) is 5.73. The molecule has 2 aromatic rings. The third-order valence-corrected chi connectivity index (χ3v) is 3.83. The third-order valence-electron chi connectivity index (χ3n) is 3.83. The fourth-order valence-corrected chi connectivity index (χ4v) is 2.37. The van der Waals surface area contributed by atoms with Crippen molar-refractivity contribution in [3.63, 3.8) is 0 Å². The van der Waals surface area contributed by atoms with Gasteiger partial charge in [-0.05, 0) is 31.4 Å². The van der Waals surface area contributed by atoms with Crippen LogP contribution in [0.4, 0.5) is 5.69 Å². The number of nitro groups is 1. The first-order chi connectivity index (χ1) is 12.0. The van der Waals surface area contributed by atoms with Gasteiger partial charge in [0.15, 0.2) is 0 Å². The highest BCUT2D eigenvalue weighted by molar-refractivity contribution is 6.02. The van der Waals surface area contributed by atoms with E-state index in [1.54, 1.807) is 19.1 Å². The molecule has 0 saturated heterocycles. The van der Waals surface area contributed by atoms with Crippen molar-refractivity contribution in [2.75, 3.05) is 0 Å². The maximum absolute atomic E-state index is 12.3. The zero-order valence-corrected chi connectivity index (χ0v) is 14.4. The van der Waals surface area contributed by atoms with Crippen LogP contribution in [0.25, 0.3) is 0 Å². The quantitative estimate of drug-likeness (QED) is 0.465. The van der Waals surface area contributed by atoms with Crippen LogP contribution >= 0.6 is 0 Å². The Kier molecular flexibility index (Phi) is 6.39. The number of amides is 1. The molecule has 1 N–H and O–H groups in total. The number of hydrogen-bond acceptors (Lipinski definition) is 4. The molecular weight excluding hydrogens is 318 g/mol. The Hall–Kier alpha value is -3.02. The Morgan fingerprint density at radius 1 is 1.16 bits per heavy atom. The molecule has 0 radical (unpaired) electrons. The van der Waals surface area contributed by atoms with Crippen LogP contribution in [0.1, 0.15) is 47.7 Å². The van der Waals surface area contributed by atoms with Crippen molar-refractivity contribution >= 4 is 17.3 Å². The van der Waals surface area contributed by atoms with E-state index in [-0.39, 0.29) is 11.3 Å². The average molecular weight is 339 g/mol. The van der Waals surface area contributed by atoms with Crippen molar-refractivity contribution in [1.82, 2.24) is 5.43 Å². The number of nitro benzene ring substituents is 1. The summed E-state index contributed by atoms with van der Waals surface area (Å²) in [5, 5.41) is 15.3. The second kappa shape index (κ2) is 8.73. The molecule has 0 fully saturated rings. The Morgan fingerprint density at radius 3 is 2.52 bits per heavy atom. The van der Waals surface area contributed by atoms with Gasteiger partial charge in [0, 0.05) is 17.2 Å². The van der Waals surface area contributed by atoms with E-state index >= 15 is 0 Å². The SMILES string of the molecule is CCCC/C(=N\NC(=O)c1ccc(C)c([N+](=O)[O-])c1)c1ccccc1. The molecule has 6 heteroatoms. The summed E-state index contributed by atoms with van der Waals surface area (Å²) in [4.78, 5) is 22.8. The van der Waals surface area contributed by atoms with E-state index < -0.39 is 10.8 Å². The van der Waals surface area contributed by atoms with Crippen LogP contribution in [0.2, 0.25) is 0 Å². The molecule has 2 aromatic carbocycles. The zero-order chi connectivity index (χ0) is 18.2. The van der Waals surface area contributed by atoms with E-state index in [9.17, 15) is 14.9 Å². The van der Waals surface area contributed by atoms with Gasteiger partial charge in [0.2, 0.25) is 0 Å². The third kappa shape index (κ3) is 4.97. The van der Waals surface area contributed by atoms with Crippen LogP contribution in [0, 0.1) is 17.0 Å². The van der Waals surface area contributed by atoms with Crippen LogP contribution in [0.3, 0.4) is 0 Å². The molecule has 0 bridgehead atoms. The lowest BCUT2D eigenvalue weighted by molar-refractivity contribution is -0.385. The van der Waals surface area contributed by atoms with E-state index in [0.717, 1.165) is 30.5 Å². The van der Waals surface area contributed by atoms with Gasteiger partial charge < -0.3 is 0 Å². The summed E-state index contributed by atoms with van der Waals surface area (Å²) in [5.41, 5.74) is 4.90. The maximum atomic E-state index is 12.3. The lowest BCUT2D eigenvalue weighted by atomic mass is 10.1. The van der Waals surface area contributed by atoms with E-state index in [0.29, 0.717) is 5.56 Å². The van der Waals surface area contributed by atoms with Crippen LogP contribution in [-0.4, -0.2) is 16.5 Å². The molecule has 130 valence electrons. The molecule has 0 aromatic heterocycles. The number of rotatable bonds is 7. The normalized spacial score (nSPS) is 11.2. The molecule has 2 rings (SSSR count). The van der Waals surface area contributed by atoms with Gasteiger partial charge in [0.05, 0.1) is 10.6 Å². The summed E-state index contributed by atoms with van der Waals surface area (Å²) in [5.74, 6) is -0.465. The molecule has 0 aliphatic rings. The van der Waals surface area contributed by atoms with Gasteiger partial charge in [-0.1, -0.05) is 49.7 Å². The minimum absolute atomic E-state index is 0.0779.